The zero-order valence-corrected chi connectivity index (χ0v) is 13.9. The van der Waals surface area contributed by atoms with Crippen LogP contribution in [0.25, 0.3) is 0 Å². The summed E-state index contributed by atoms with van der Waals surface area (Å²) in [7, 11) is 0. The summed E-state index contributed by atoms with van der Waals surface area (Å²) in [5, 5.41) is 9.09. The Kier molecular flexibility index (Phi) is 3.77. The molecule has 3 rings (SSSR count). The largest absolute Gasteiger partial charge is 0.480 e. The van der Waals surface area contributed by atoms with Gasteiger partial charge in [-0.15, -0.1) is 0 Å². The zero-order chi connectivity index (χ0) is 16.6. The van der Waals surface area contributed by atoms with Crippen LogP contribution in [-0.2, 0) is 5.60 Å². The number of ether oxygens (including phenoxy) is 1. The van der Waals surface area contributed by atoms with E-state index in [2.05, 4.69) is 13.0 Å². The molecule has 0 bridgehead atoms. The third-order valence-corrected chi connectivity index (χ3v) is 4.80. The number of nitriles is 1. The first-order valence-corrected chi connectivity index (χ1v) is 8.01. The van der Waals surface area contributed by atoms with Gasteiger partial charge in [0.1, 0.15) is 11.4 Å². The van der Waals surface area contributed by atoms with Crippen molar-refractivity contribution in [3.05, 3.63) is 58.7 Å². The summed E-state index contributed by atoms with van der Waals surface area (Å²) < 4.78 is 6.52. The SMILES string of the molecule is Cc1cc(C#N)ccc1C(C)(Oc1c(C)cccc1N)C1CC1. The van der Waals surface area contributed by atoms with Crippen molar-refractivity contribution in [2.24, 2.45) is 5.92 Å². The molecule has 1 fully saturated rings. The van der Waals surface area contributed by atoms with Gasteiger partial charge in [-0.3, -0.25) is 0 Å². The molecule has 0 amide bonds. The van der Waals surface area contributed by atoms with Gasteiger partial charge in [-0.1, -0.05) is 18.2 Å². The molecule has 3 heteroatoms. The number of hydrogen-bond acceptors (Lipinski definition) is 3. The topological polar surface area (TPSA) is 59.0 Å². The van der Waals surface area contributed by atoms with Gasteiger partial charge in [0.2, 0.25) is 0 Å². The standard InChI is InChI=1S/C20H22N2O/c1-13-5-4-6-18(22)19(13)23-20(3,16-8-9-16)17-10-7-15(12-21)11-14(17)2/h4-7,10-11,16H,8-9,22H2,1-3H3. The molecule has 2 N–H and O–H groups in total. The number of nitrogen functional groups attached to an aromatic ring is 1. The Morgan fingerprint density at radius 1 is 1.17 bits per heavy atom. The predicted molar refractivity (Wildman–Crippen MR) is 92.2 cm³/mol. The highest BCUT2D eigenvalue weighted by Gasteiger charge is 2.46. The van der Waals surface area contributed by atoms with Gasteiger partial charge in [-0.2, -0.15) is 5.26 Å². The summed E-state index contributed by atoms with van der Waals surface area (Å²) >= 11 is 0. The van der Waals surface area contributed by atoms with Crippen LogP contribution in [0, 0.1) is 31.1 Å². The summed E-state index contributed by atoms with van der Waals surface area (Å²) in [5.41, 5.74) is 10.3. The number of anilines is 1. The molecule has 23 heavy (non-hydrogen) atoms. The third-order valence-electron chi connectivity index (χ3n) is 4.80. The monoisotopic (exact) mass is 306 g/mol. The van der Waals surface area contributed by atoms with Crippen molar-refractivity contribution in [2.45, 2.75) is 39.2 Å². The Morgan fingerprint density at radius 3 is 2.48 bits per heavy atom. The van der Waals surface area contributed by atoms with E-state index in [4.69, 9.17) is 15.7 Å². The first kappa shape index (κ1) is 15.4. The molecule has 2 aromatic carbocycles. The van der Waals surface area contributed by atoms with Gasteiger partial charge in [-0.05, 0) is 68.5 Å². The van der Waals surface area contributed by atoms with Crippen LogP contribution in [0.4, 0.5) is 5.69 Å². The summed E-state index contributed by atoms with van der Waals surface area (Å²) in [6.45, 7) is 6.21. The Hall–Kier alpha value is -2.47. The van der Waals surface area contributed by atoms with E-state index in [-0.39, 0.29) is 0 Å². The van der Waals surface area contributed by atoms with Crippen LogP contribution >= 0.6 is 0 Å². The third kappa shape index (κ3) is 2.77. The van der Waals surface area contributed by atoms with E-state index in [0.29, 0.717) is 17.2 Å². The molecule has 118 valence electrons. The van der Waals surface area contributed by atoms with Crippen LogP contribution in [0.15, 0.2) is 36.4 Å². The fourth-order valence-corrected chi connectivity index (χ4v) is 3.31. The second-order valence-corrected chi connectivity index (χ2v) is 6.62. The van der Waals surface area contributed by atoms with Crippen LogP contribution in [-0.4, -0.2) is 0 Å². The van der Waals surface area contributed by atoms with Crippen LogP contribution in [0.2, 0.25) is 0 Å². The van der Waals surface area contributed by atoms with Gasteiger partial charge >= 0.3 is 0 Å². The molecule has 1 unspecified atom stereocenters. The lowest BCUT2D eigenvalue weighted by Crippen LogP contribution is -2.33. The van der Waals surface area contributed by atoms with E-state index < -0.39 is 5.60 Å². The maximum Gasteiger partial charge on any atom is 0.146 e. The summed E-state index contributed by atoms with van der Waals surface area (Å²) in [5.74, 6) is 1.25. The highest BCUT2D eigenvalue weighted by molar-refractivity contribution is 5.57. The number of aryl methyl sites for hydroxylation is 2. The first-order chi connectivity index (χ1) is 11.0. The van der Waals surface area contributed by atoms with E-state index in [1.54, 1.807) is 0 Å². The van der Waals surface area contributed by atoms with E-state index in [9.17, 15) is 0 Å². The second kappa shape index (κ2) is 5.62. The predicted octanol–water partition coefficient (Wildman–Crippen LogP) is 4.46. The van der Waals surface area contributed by atoms with Crippen molar-refractivity contribution in [3.63, 3.8) is 0 Å². The molecule has 0 saturated heterocycles. The Bertz CT molecular complexity index is 766. The first-order valence-electron chi connectivity index (χ1n) is 8.01. The number of rotatable bonds is 4. The number of nitrogens with two attached hydrogens (primary N) is 1. The molecule has 1 atom stereocenters. The maximum absolute atomic E-state index is 9.09. The Balaban J connectivity index is 2.06. The molecule has 1 aliphatic rings. The van der Waals surface area contributed by atoms with E-state index in [1.165, 1.54) is 0 Å². The molecular formula is C20H22N2O. The minimum Gasteiger partial charge on any atom is -0.480 e. The van der Waals surface area contributed by atoms with Crippen molar-refractivity contribution >= 4 is 5.69 Å². The normalized spacial score (nSPS) is 16.4. The molecule has 2 aromatic rings. The van der Waals surface area contributed by atoms with Crippen molar-refractivity contribution in [1.29, 1.82) is 5.26 Å². The van der Waals surface area contributed by atoms with Gasteiger partial charge in [0, 0.05) is 5.92 Å². The Labute approximate surface area is 137 Å². The molecule has 1 saturated carbocycles. The van der Waals surface area contributed by atoms with E-state index >= 15 is 0 Å². The van der Waals surface area contributed by atoms with Crippen molar-refractivity contribution < 1.29 is 4.74 Å². The lowest BCUT2D eigenvalue weighted by Gasteiger charge is -2.34. The molecule has 0 radical (unpaired) electrons. The van der Waals surface area contributed by atoms with Gasteiger partial charge in [0.25, 0.3) is 0 Å². The van der Waals surface area contributed by atoms with E-state index in [1.807, 2.05) is 50.2 Å². The quantitative estimate of drug-likeness (QED) is 0.848. The Morgan fingerprint density at radius 2 is 1.91 bits per heavy atom. The molecule has 0 aromatic heterocycles. The van der Waals surface area contributed by atoms with Crippen molar-refractivity contribution in [3.8, 4) is 11.8 Å². The van der Waals surface area contributed by atoms with Crippen LogP contribution in [0.3, 0.4) is 0 Å². The number of hydrogen-bond donors (Lipinski definition) is 1. The summed E-state index contributed by atoms with van der Waals surface area (Å²) in [6, 6.07) is 13.9. The minimum atomic E-state index is -0.418. The fourth-order valence-electron chi connectivity index (χ4n) is 3.31. The van der Waals surface area contributed by atoms with Gasteiger partial charge in [0.15, 0.2) is 0 Å². The summed E-state index contributed by atoms with van der Waals surface area (Å²) in [6.07, 6.45) is 2.31. The van der Waals surface area contributed by atoms with Gasteiger partial charge in [-0.25, -0.2) is 0 Å². The van der Waals surface area contributed by atoms with Crippen LogP contribution in [0.1, 0.15) is 42.0 Å². The molecule has 3 nitrogen and oxygen atoms in total. The van der Waals surface area contributed by atoms with Crippen molar-refractivity contribution in [1.82, 2.24) is 0 Å². The lowest BCUT2D eigenvalue weighted by atomic mass is 9.86. The smallest absolute Gasteiger partial charge is 0.146 e. The molecule has 0 spiro atoms. The lowest BCUT2D eigenvalue weighted by molar-refractivity contribution is 0.0616. The average molecular weight is 306 g/mol. The van der Waals surface area contributed by atoms with Crippen LogP contribution in [0.5, 0.6) is 5.75 Å². The molecule has 0 aliphatic heterocycles. The maximum atomic E-state index is 9.09. The highest BCUT2D eigenvalue weighted by Crippen LogP contribution is 2.50. The second-order valence-electron chi connectivity index (χ2n) is 6.62. The molecule has 1 aliphatic carbocycles. The minimum absolute atomic E-state index is 0.418. The van der Waals surface area contributed by atoms with E-state index in [0.717, 1.165) is 35.3 Å². The fraction of sp³-hybridized carbons (Fsp3) is 0.350. The van der Waals surface area contributed by atoms with Gasteiger partial charge < -0.3 is 10.5 Å². The average Bonchev–Trinajstić information content (AvgIpc) is 3.36. The summed E-state index contributed by atoms with van der Waals surface area (Å²) in [4.78, 5) is 0. The zero-order valence-electron chi connectivity index (χ0n) is 13.9. The van der Waals surface area contributed by atoms with Crippen LogP contribution < -0.4 is 10.5 Å². The number of benzene rings is 2. The number of para-hydroxylation sites is 1. The molecular weight excluding hydrogens is 284 g/mol. The highest BCUT2D eigenvalue weighted by atomic mass is 16.5. The molecule has 0 heterocycles. The number of nitrogens with zero attached hydrogens (tertiary/aromatic N) is 1. The van der Waals surface area contributed by atoms with Crippen molar-refractivity contribution in [2.75, 3.05) is 5.73 Å². The van der Waals surface area contributed by atoms with Gasteiger partial charge in [0.05, 0.1) is 17.3 Å².